The maximum Gasteiger partial charge on any atom is 0.337 e. The van der Waals surface area contributed by atoms with Gasteiger partial charge in [0.2, 0.25) is 5.30 Å². The van der Waals surface area contributed by atoms with Crippen LogP contribution >= 0.6 is 7.26 Å². The Hall–Kier alpha value is -5.85. The van der Waals surface area contributed by atoms with Crippen molar-refractivity contribution in [2.75, 3.05) is 0 Å². The predicted octanol–water partition coefficient (Wildman–Crippen LogP) is 5.85. The van der Waals surface area contributed by atoms with Gasteiger partial charge >= 0.3 is 5.52 Å². The highest BCUT2D eigenvalue weighted by atomic mass is 31.2. The summed E-state index contributed by atoms with van der Waals surface area (Å²) in [6.07, 6.45) is 0. The molecule has 7 rings (SSSR count). The van der Waals surface area contributed by atoms with Crippen LogP contribution in [0, 0.1) is 15.0 Å². The summed E-state index contributed by atoms with van der Waals surface area (Å²) in [6, 6.07) is 43.5. The topological polar surface area (TPSA) is 112 Å². The number of phenolic OH excluding ortho intramolecular Hbond substituents is 1. The number of hydrogen-bond donors (Lipinski definition) is 2. The molecule has 0 saturated heterocycles. The van der Waals surface area contributed by atoms with Crippen LogP contribution < -0.4 is 25.6 Å². The van der Waals surface area contributed by atoms with Crippen LogP contribution in [0.2, 0.25) is 0 Å². The summed E-state index contributed by atoms with van der Waals surface area (Å²) in [5, 5.41) is 38.8. The Labute approximate surface area is 257 Å². The van der Waals surface area contributed by atoms with Crippen molar-refractivity contribution >= 4 is 56.2 Å². The SMILES string of the molecule is O=[N+]([O-])c1ccc(-c2cc3c(c([P+](c4ccccc4)(c4ccccc4)c4ccccc4)c2O)[n+](=O)c2ccccc2n3O)cc1. The van der Waals surface area contributed by atoms with Gasteiger partial charge in [0.25, 0.3) is 11.2 Å². The molecule has 1 heterocycles. The fourth-order valence-corrected chi connectivity index (χ4v) is 10.6. The summed E-state index contributed by atoms with van der Waals surface area (Å²) in [6.45, 7) is 0. The van der Waals surface area contributed by atoms with Gasteiger partial charge in [-0.2, -0.15) is 4.73 Å². The van der Waals surface area contributed by atoms with Crippen molar-refractivity contribution in [3.05, 3.63) is 161 Å². The Kier molecular flexibility index (Phi) is 6.84. The molecule has 0 aliphatic rings. The van der Waals surface area contributed by atoms with Gasteiger partial charge in [-0.1, -0.05) is 66.7 Å². The van der Waals surface area contributed by atoms with Crippen molar-refractivity contribution in [2.24, 2.45) is 0 Å². The molecule has 0 unspecified atom stereocenters. The number of hydrogen-bond acceptors (Lipinski definition) is 5. The quantitative estimate of drug-likeness (QED) is 0.0613. The molecule has 0 saturated carbocycles. The smallest absolute Gasteiger partial charge is 0.337 e. The highest BCUT2D eigenvalue weighted by molar-refractivity contribution is 8.02. The summed E-state index contributed by atoms with van der Waals surface area (Å²) in [5.41, 5.74) is 1.51. The monoisotopic (exact) mass is 611 g/mol. The first-order chi connectivity index (χ1) is 21.9. The van der Waals surface area contributed by atoms with E-state index < -0.39 is 12.2 Å². The molecule has 0 amide bonds. The maximum atomic E-state index is 14.5. The summed E-state index contributed by atoms with van der Waals surface area (Å²) < 4.78 is 1.77. The first kappa shape index (κ1) is 28.0. The van der Waals surface area contributed by atoms with E-state index in [0.717, 1.165) is 25.1 Å². The fourth-order valence-electron chi connectivity index (χ4n) is 6.15. The number of para-hydroxylation sites is 2. The summed E-state index contributed by atoms with van der Waals surface area (Å²) in [7, 11) is -3.09. The van der Waals surface area contributed by atoms with E-state index in [-0.39, 0.29) is 33.5 Å². The number of nitrogens with zero attached hydrogens (tertiary/aromatic N) is 3. The van der Waals surface area contributed by atoms with E-state index in [2.05, 4.69) is 0 Å². The van der Waals surface area contributed by atoms with Crippen molar-refractivity contribution in [3.8, 4) is 16.9 Å². The fraction of sp³-hybridized carbons (Fsp3) is 0. The lowest BCUT2D eigenvalue weighted by Crippen LogP contribution is -2.41. The molecule has 6 aromatic carbocycles. The van der Waals surface area contributed by atoms with Crippen molar-refractivity contribution in [3.63, 3.8) is 0 Å². The van der Waals surface area contributed by atoms with Gasteiger partial charge < -0.3 is 10.3 Å². The van der Waals surface area contributed by atoms with Crippen LogP contribution in [0.3, 0.4) is 0 Å². The molecule has 45 heavy (non-hydrogen) atoms. The first-order valence-electron chi connectivity index (χ1n) is 14.2. The van der Waals surface area contributed by atoms with Gasteiger partial charge in [-0.3, -0.25) is 10.1 Å². The van der Waals surface area contributed by atoms with Gasteiger partial charge in [0.05, 0.1) is 9.35 Å². The van der Waals surface area contributed by atoms with Crippen LogP contribution in [-0.4, -0.2) is 20.0 Å². The number of nitro benzene ring substituents is 1. The Morgan fingerprint density at radius 1 is 0.667 bits per heavy atom. The zero-order valence-corrected chi connectivity index (χ0v) is 24.7. The number of rotatable bonds is 6. The normalized spacial score (nSPS) is 11.6. The Morgan fingerprint density at radius 2 is 1.16 bits per heavy atom. The molecular formula is C36H26N3O5P+2. The minimum absolute atomic E-state index is 0.0976. The minimum Gasteiger partial charge on any atom is -0.503 e. The summed E-state index contributed by atoms with van der Waals surface area (Å²) >= 11 is 0. The van der Waals surface area contributed by atoms with E-state index in [0.29, 0.717) is 16.4 Å². The lowest BCUT2D eigenvalue weighted by atomic mass is 10.0. The van der Waals surface area contributed by atoms with Gasteiger partial charge in [-0.15, -0.1) is 0 Å². The van der Waals surface area contributed by atoms with E-state index in [4.69, 9.17) is 0 Å². The lowest BCUT2D eigenvalue weighted by Gasteiger charge is -2.28. The number of phenols is 1. The molecular weight excluding hydrogens is 585 g/mol. The molecule has 0 atom stereocenters. The molecule has 218 valence electrons. The Bertz CT molecular complexity index is 2180. The third kappa shape index (κ3) is 4.34. The summed E-state index contributed by atoms with van der Waals surface area (Å²) in [5.74, 6) is -0.152. The zero-order chi connectivity index (χ0) is 31.1. The van der Waals surface area contributed by atoms with Crippen LogP contribution in [-0.2, 0) is 0 Å². The molecule has 2 N–H and O–H groups in total. The largest absolute Gasteiger partial charge is 0.503 e. The number of fused-ring (bicyclic) bond motifs is 2. The number of aromatic nitrogens is 2. The van der Waals surface area contributed by atoms with Crippen molar-refractivity contribution < 1.29 is 19.7 Å². The third-order valence-corrected chi connectivity index (χ3v) is 12.5. The van der Waals surface area contributed by atoms with Gasteiger partial charge in [-0.25, -0.2) is 0 Å². The Balaban J connectivity index is 1.76. The van der Waals surface area contributed by atoms with Crippen molar-refractivity contribution in [2.45, 2.75) is 0 Å². The van der Waals surface area contributed by atoms with E-state index in [1.165, 1.54) is 12.1 Å². The zero-order valence-electron chi connectivity index (χ0n) is 23.8. The van der Waals surface area contributed by atoms with Crippen LogP contribution in [0.5, 0.6) is 5.75 Å². The number of benzene rings is 6. The van der Waals surface area contributed by atoms with Crippen molar-refractivity contribution in [1.29, 1.82) is 0 Å². The maximum absolute atomic E-state index is 14.5. The molecule has 0 aliphatic heterocycles. The van der Waals surface area contributed by atoms with E-state index in [1.54, 1.807) is 42.5 Å². The standard InChI is InChI=1S/C36H25N3O5P/c40-35-30(25-20-22-26(23-21-25)39(43)44)24-33-34(38(42)32-19-11-10-18-31(32)37(33)41)36(35)45(27-12-4-1-5-13-27,28-14-6-2-7-15-28)29-16-8-3-9-17-29/h1-24,41H/q+1/p+1. The highest BCUT2D eigenvalue weighted by Crippen LogP contribution is 2.58. The third-order valence-electron chi connectivity index (χ3n) is 8.14. The second-order valence-electron chi connectivity index (χ2n) is 10.6. The molecule has 9 heteroatoms. The van der Waals surface area contributed by atoms with Gasteiger partial charge in [0, 0.05) is 28.7 Å². The van der Waals surface area contributed by atoms with Crippen LogP contribution in [0.1, 0.15) is 0 Å². The highest BCUT2D eigenvalue weighted by Gasteiger charge is 2.54. The number of non-ortho nitro benzene ring substituents is 1. The average molecular weight is 612 g/mol. The number of aromatic hydroxyl groups is 1. The van der Waals surface area contributed by atoms with Crippen LogP contribution in [0.15, 0.2) is 146 Å². The minimum atomic E-state index is -3.09. The predicted molar refractivity (Wildman–Crippen MR) is 179 cm³/mol. The van der Waals surface area contributed by atoms with E-state index >= 15 is 0 Å². The first-order valence-corrected chi connectivity index (χ1v) is 16.0. The van der Waals surface area contributed by atoms with Gasteiger partial charge in [0.15, 0.2) is 24.0 Å². The molecule has 0 fully saturated rings. The molecule has 8 nitrogen and oxygen atoms in total. The molecule has 0 spiro atoms. The molecule has 0 radical (unpaired) electrons. The molecule has 1 aromatic heterocycles. The van der Waals surface area contributed by atoms with E-state index in [9.17, 15) is 25.3 Å². The summed E-state index contributed by atoms with van der Waals surface area (Å²) in [4.78, 5) is 25.5. The van der Waals surface area contributed by atoms with Gasteiger partial charge in [-0.05, 0) is 66.2 Å². The lowest BCUT2D eigenvalue weighted by molar-refractivity contribution is -0.432. The number of nitro groups is 1. The van der Waals surface area contributed by atoms with Crippen molar-refractivity contribution in [1.82, 2.24) is 4.73 Å². The molecule has 7 aromatic rings. The second-order valence-corrected chi connectivity index (χ2v) is 13.9. The Morgan fingerprint density at radius 3 is 1.67 bits per heavy atom. The molecule has 0 bridgehead atoms. The molecule has 0 aliphatic carbocycles. The van der Waals surface area contributed by atoms with Crippen LogP contribution in [0.4, 0.5) is 5.69 Å². The van der Waals surface area contributed by atoms with E-state index in [1.807, 2.05) is 91.0 Å². The van der Waals surface area contributed by atoms with Crippen LogP contribution in [0.25, 0.3) is 33.2 Å². The van der Waals surface area contributed by atoms with Gasteiger partial charge in [0.1, 0.15) is 15.9 Å². The second kappa shape index (κ2) is 11.0. The average Bonchev–Trinajstić information content (AvgIpc) is 3.09.